The SMILES string of the molecule is CC(C)(C)NC(=O)COc1cccc(-c2nc(Nc3cn[nH]c3)c3cc(N4CCCC4)ccc3n2)c1.O=C(O)C(F)(F)F.O=C(O)C(F)(F)F.O=C(O)C(F)(F)F. The fraction of sp³-hybridized carbons (Fsp3) is 0.364. The number of fused-ring (bicyclic) bond motifs is 1. The molecule has 1 saturated heterocycles. The van der Waals surface area contributed by atoms with Gasteiger partial charge < -0.3 is 35.6 Å². The second kappa shape index (κ2) is 19.5. The average Bonchev–Trinajstić information content (AvgIpc) is 3.82. The van der Waals surface area contributed by atoms with Gasteiger partial charge in [-0.2, -0.15) is 44.6 Å². The Hall–Kier alpha value is -6.36. The third-order valence-corrected chi connectivity index (χ3v) is 6.62. The number of hydrogen-bond acceptors (Lipinski definition) is 10. The smallest absolute Gasteiger partial charge is 0.484 e. The van der Waals surface area contributed by atoms with E-state index in [0.29, 0.717) is 17.4 Å². The molecule has 0 unspecified atom stereocenters. The van der Waals surface area contributed by atoms with Crippen molar-refractivity contribution >= 4 is 51.9 Å². The van der Waals surface area contributed by atoms with Crippen LogP contribution in [0.2, 0.25) is 0 Å². The van der Waals surface area contributed by atoms with Gasteiger partial charge in [0.25, 0.3) is 5.91 Å². The number of carbonyl (C=O) groups is 4. The summed E-state index contributed by atoms with van der Waals surface area (Å²) in [6, 6.07) is 13.8. The zero-order valence-electron chi connectivity index (χ0n) is 29.8. The lowest BCUT2D eigenvalue weighted by atomic mass is 10.1. The standard InChI is InChI=1S/C27H31N7O2.3C2HF3O2/c1-27(2,3)33-24(35)17-36-21-8-6-7-18(13-21)25-31-23-10-9-20(34-11-4-5-12-34)14-22(23)26(32-25)30-19-15-28-29-16-19;3*3-2(4,5)1(6)7/h6-10,13-16H,4-5,11-12,17H2,1-3H3,(H,28,29)(H,33,35)(H,30,31,32);3*(H,6,7). The Morgan fingerprint density at radius 1 is 0.807 bits per heavy atom. The molecule has 3 heterocycles. The highest BCUT2D eigenvalue weighted by Crippen LogP contribution is 2.32. The number of alkyl halides is 9. The number of nitrogens with zero attached hydrogens (tertiary/aromatic N) is 4. The number of rotatable bonds is 7. The molecule has 0 spiro atoms. The minimum atomic E-state index is -5.08. The second-order valence-electron chi connectivity index (χ2n) is 12.4. The van der Waals surface area contributed by atoms with Gasteiger partial charge in [0.15, 0.2) is 12.4 Å². The maximum atomic E-state index is 12.2. The van der Waals surface area contributed by atoms with Crippen LogP contribution in [0.4, 0.5) is 56.7 Å². The van der Waals surface area contributed by atoms with Gasteiger partial charge in [0.2, 0.25) is 0 Å². The number of hydrogen-bond donors (Lipinski definition) is 6. The lowest BCUT2D eigenvalue weighted by Gasteiger charge is -2.20. The number of carbonyl (C=O) groups excluding carboxylic acids is 1. The molecule has 0 atom stereocenters. The van der Waals surface area contributed by atoms with Crippen molar-refractivity contribution in [3.05, 3.63) is 54.9 Å². The predicted molar refractivity (Wildman–Crippen MR) is 183 cm³/mol. The topological polar surface area (TPSA) is 220 Å². The van der Waals surface area contributed by atoms with Gasteiger partial charge in [0.05, 0.1) is 17.4 Å². The first-order chi connectivity index (χ1) is 26.2. The lowest BCUT2D eigenvalue weighted by molar-refractivity contribution is -0.193. The summed E-state index contributed by atoms with van der Waals surface area (Å²) < 4.78 is 101. The van der Waals surface area contributed by atoms with E-state index < -0.39 is 36.4 Å². The van der Waals surface area contributed by atoms with Crippen LogP contribution in [0.1, 0.15) is 33.6 Å². The van der Waals surface area contributed by atoms with Crippen LogP contribution in [0, 0.1) is 0 Å². The van der Waals surface area contributed by atoms with Crippen LogP contribution in [0.15, 0.2) is 54.9 Å². The minimum Gasteiger partial charge on any atom is -0.484 e. The Labute approximate surface area is 315 Å². The van der Waals surface area contributed by atoms with Gasteiger partial charge in [-0.05, 0) is 63.9 Å². The molecule has 1 amide bonds. The van der Waals surface area contributed by atoms with Gasteiger partial charge in [-0.15, -0.1) is 0 Å². The van der Waals surface area contributed by atoms with E-state index in [9.17, 15) is 44.3 Å². The number of aliphatic carboxylic acids is 3. The summed E-state index contributed by atoms with van der Waals surface area (Å²) in [7, 11) is 0. The first kappa shape index (κ1) is 46.8. The van der Waals surface area contributed by atoms with Crippen LogP contribution in [0.25, 0.3) is 22.3 Å². The van der Waals surface area contributed by atoms with E-state index in [0.717, 1.165) is 35.2 Å². The maximum absolute atomic E-state index is 12.2. The van der Waals surface area contributed by atoms with Gasteiger partial charge in [-0.25, -0.2) is 24.4 Å². The van der Waals surface area contributed by atoms with Crippen molar-refractivity contribution < 1.29 is 78.7 Å². The molecule has 0 aliphatic carbocycles. The molecule has 2 aromatic heterocycles. The summed E-state index contributed by atoms with van der Waals surface area (Å²) in [4.78, 5) is 51.0. The van der Waals surface area contributed by atoms with Gasteiger partial charge >= 0.3 is 36.4 Å². The minimum absolute atomic E-state index is 0.0636. The molecule has 312 valence electrons. The largest absolute Gasteiger partial charge is 0.490 e. The molecule has 0 saturated carbocycles. The first-order valence-corrected chi connectivity index (χ1v) is 15.9. The quantitative estimate of drug-likeness (QED) is 0.109. The van der Waals surface area contributed by atoms with Crippen LogP contribution < -0.4 is 20.3 Å². The summed E-state index contributed by atoms with van der Waals surface area (Å²) in [6.45, 7) is 7.88. The highest BCUT2D eigenvalue weighted by Gasteiger charge is 2.39. The number of anilines is 3. The number of carboxylic acid groups (broad SMARTS) is 3. The summed E-state index contributed by atoms with van der Waals surface area (Å²) >= 11 is 0. The van der Waals surface area contributed by atoms with Crippen LogP contribution in [-0.4, -0.2) is 103 Å². The van der Waals surface area contributed by atoms with E-state index in [2.05, 4.69) is 37.9 Å². The molecule has 57 heavy (non-hydrogen) atoms. The third kappa shape index (κ3) is 16.5. The van der Waals surface area contributed by atoms with E-state index in [4.69, 9.17) is 44.4 Å². The van der Waals surface area contributed by atoms with E-state index in [1.165, 1.54) is 18.5 Å². The third-order valence-electron chi connectivity index (χ3n) is 6.62. The Kier molecular flexibility index (Phi) is 16.0. The summed E-state index contributed by atoms with van der Waals surface area (Å²) in [5.74, 6) is -6.60. The van der Waals surface area contributed by atoms with Crippen molar-refractivity contribution in [1.29, 1.82) is 0 Å². The molecule has 24 heteroatoms. The molecular formula is C33H34F9N7O8. The number of ether oxygens (including phenoxy) is 1. The Balaban J connectivity index is 0.000000438. The summed E-state index contributed by atoms with van der Waals surface area (Å²) in [5.41, 5.74) is 3.31. The van der Waals surface area contributed by atoms with Crippen molar-refractivity contribution in [3.63, 3.8) is 0 Å². The molecule has 5 rings (SSSR count). The summed E-state index contributed by atoms with van der Waals surface area (Å²) in [5, 5.41) is 35.5. The highest BCUT2D eigenvalue weighted by molar-refractivity contribution is 5.94. The maximum Gasteiger partial charge on any atom is 0.490 e. The van der Waals surface area contributed by atoms with Crippen LogP contribution >= 0.6 is 0 Å². The normalized spacial score (nSPS) is 12.8. The zero-order valence-corrected chi connectivity index (χ0v) is 29.8. The number of amides is 1. The fourth-order valence-electron chi connectivity index (χ4n) is 4.30. The second-order valence-corrected chi connectivity index (χ2v) is 12.4. The van der Waals surface area contributed by atoms with Gasteiger partial charge in [-0.1, -0.05) is 12.1 Å². The van der Waals surface area contributed by atoms with Crippen molar-refractivity contribution in [1.82, 2.24) is 25.5 Å². The molecular weight excluding hydrogens is 793 g/mol. The lowest BCUT2D eigenvalue weighted by Crippen LogP contribution is -2.43. The van der Waals surface area contributed by atoms with E-state index >= 15 is 0 Å². The number of aromatic amines is 1. The van der Waals surface area contributed by atoms with Gasteiger partial charge in [0.1, 0.15) is 11.6 Å². The van der Waals surface area contributed by atoms with Crippen LogP contribution in [-0.2, 0) is 19.2 Å². The average molecular weight is 828 g/mol. The Morgan fingerprint density at radius 2 is 1.35 bits per heavy atom. The van der Waals surface area contributed by atoms with Crippen molar-refractivity contribution in [2.45, 2.75) is 57.7 Å². The number of carboxylic acids is 3. The van der Waals surface area contributed by atoms with Crippen molar-refractivity contribution in [2.24, 2.45) is 0 Å². The van der Waals surface area contributed by atoms with Crippen LogP contribution in [0.3, 0.4) is 0 Å². The number of H-pyrrole nitrogens is 1. The molecule has 4 aromatic rings. The Bertz CT molecular complexity index is 1920. The molecule has 1 aliphatic rings. The monoisotopic (exact) mass is 827 g/mol. The number of halogens is 9. The van der Waals surface area contributed by atoms with Crippen molar-refractivity contribution in [2.75, 3.05) is 29.9 Å². The van der Waals surface area contributed by atoms with Gasteiger partial charge in [-0.3, -0.25) is 9.89 Å². The van der Waals surface area contributed by atoms with E-state index in [1.807, 2.05) is 51.1 Å². The van der Waals surface area contributed by atoms with E-state index in [-0.39, 0.29) is 18.1 Å². The number of aromatic nitrogens is 4. The number of benzene rings is 2. The Morgan fingerprint density at radius 3 is 1.82 bits per heavy atom. The molecule has 1 fully saturated rings. The molecule has 0 bridgehead atoms. The summed E-state index contributed by atoms with van der Waals surface area (Å²) in [6.07, 6.45) is -9.32. The zero-order chi connectivity index (χ0) is 43.4. The highest BCUT2D eigenvalue weighted by atomic mass is 19.4. The molecule has 1 aliphatic heterocycles. The predicted octanol–water partition coefficient (Wildman–Crippen LogP) is 6.56. The van der Waals surface area contributed by atoms with Gasteiger partial charge in [0, 0.05) is 41.5 Å². The van der Waals surface area contributed by atoms with Crippen molar-refractivity contribution in [3.8, 4) is 17.1 Å². The molecule has 0 radical (unpaired) electrons. The molecule has 2 aromatic carbocycles. The number of nitrogens with one attached hydrogen (secondary N) is 3. The van der Waals surface area contributed by atoms with E-state index in [1.54, 1.807) is 12.4 Å². The molecule has 6 N–H and O–H groups in total. The fourth-order valence-corrected chi connectivity index (χ4v) is 4.30. The first-order valence-electron chi connectivity index (χ1n) is 15.9. The molecule has 15 nitrogen and oxygen atoms in total. The van der Waals surface area contributed by atoms with Crippen LogP contribution in [0.5, 0.6) is 5.75 Å².